The Labute approximate surface area is 119 Å². The summed E-state index contributed by atoms with van der Waals surface area (Å²) in [6.07, 6.45) is 6.03. The third-order valence-corrected chi connectivity index (χ3v) is 3.15. The van der Waals surface area contributed by atoms with E-state index in [1.165, 1.54) is 6.42 Å². The molecule has 5 heteroatoms. The van der Waals surface area contributed by atoms with Crippen LogP contribution in [0.5, 0.6) is 0 Å². The minimum Gasteiger partial charge on any atom is -0.481 e. The van der Waals surface area contributed by atoms with Crippen LogP contribution >= 0.6 is 0 Å². The van der Waals surface area contributed by atoms with Gasteiger partial charge in [0.1, 0.15) is 0 Å². The molecule has 1 aromatic heterocycles. The topological polar surface area (TPSA) is 68.5 Å². The fraction of sp³-hybridized carbons (Fsp3) is 0.600. The predicted octanol–water partition coefficient (Wildman–Crippen LogP) is 2.87. The second kappa shape index (κ2) is 8.40. The Kier molecular flexibility index (Phi) is 6.84. The number of nitrogens with zero attached hydrogens (tertiary/aromatic N) is 1. The molecule has 0 saturated heterocycles. The van der Waals surface area contributed by atoms with Crippen molar-refractivity contribution in [2.45, 2.75) is 52.5 Å². The Morgan fingerprint density at radius 2 is 2.00 bits per heavy atom. The Balaban J connectivity index is 2.82. The molecule has 0 aromatic carbocycles. The number of carbonyl (C=O) groups is 2. The number of aliphatic carboxylic acids is 1. The van der Waals surface area contributed by atoms with Crippen LogP contribution in [0, 0.1) is 0 Å². The molecule has 0 saturated carbocycles. The van der Waals surface area contributed by atoms with Gasteiger partial charge in [0.15, 0.2) is 0 Å². The van der Waals surface area contributed by atoms with Crippen LogP contribution in [0.4, 0.5) is 0 Å². The number of carbonyl (C=O) groups excluding carboxylic acids is 1. The van der Waals surface area contributed by atoms with E-state index in [0.29, 0.717) is 11.3 Å². The van der Waals surface area contributed by atoms with E-state index in [0.717, 1.165) is 25.8 Å². The van der Waals surface area contributed by atoms with E-state index in [1.807, 2.05) is 4.57 Å². The Bertz CT molecular complexity index is 451. The van der Waals surface area contributed by atoms with E-state index in [9.17, 15) is 9.59 Å². The number of hydrogen-bond acceptors (Lipinski definition) is 3. The monoisotopic (exact) mass is 281 g/mol. The molecule has 0 atom stereocenters. The molecule has 1 N–H and O–H groups in total. The molecule has 1 heterocycles. The first-order valence-electron chi connectivity index (χ1n) is 7.17. The summed E-state index contributed by atoms with van der Waals surface area (Å²) < 4.78 is 6.82. The summed E-state index contributed by atoms with van der Waals surface area (Å²) in [5.74, 6) is -1.39. The van der Waals surface area contributed by atoms with Gasteiger partial charge in [0.05, 0.1) is 18.6 Å². The van der Waals surface area contributed by atoms with E-state index in [1.54, 1.807) is 19.2 Å². The lowest BCUT2D eigenvalue weighted by molar-refractivity contribution is -0.136. The zero-order valence-corrected chi connectivity index (χ0v) is 12.2. The molecular formula is C15H23NO4. The van der Waals surface area contributed by atoms with Gasteiger partial charge in [0.25, 0.3) is 0 Å². The number of carboxylic acid groups (broad SMARTS) is 1. The molecule has 112 valence electrons. The van der Waals surface area contributed by atoms with Crippen molar-refractivity contribution in [2.24, 2.45) is 0 Å². The minimum atomic E-state index is -0.941. The lowest BCUT2D eigenvalue weighted by Gasteiger charge is -2.09. The van der Waals surface area contributed by atoms with Crippen molar-refractivity contribution >= 4 is 11.9 Å². The Morgan fingerprint density at radius 1 is 1.25 bits per heavy atom. The van der Waals surface area contributed by atoms with Gasteiger partial charge in [0, 0.05) is 18.4 Å². The van der Waals surface area contributed by atoms with Crippen LogP contribution in [0.3, 0.4) is 0 Å². The van der Waals surface area contributed by atoms with Gasteiger partial charge in [-0.1, -0.05) is 26.2 Å². The van der Waals surface area contributed by atoms with Crippen molar-refractivity contribution in [3.8, 4) is 0 Å². The fourth-order valence-electron chi connectivity index (χ4n) is 2.16. The number of esters is 1. The van der Waals surface area contributed by atoms with Crippen LogP contribution in [0.2, 0.25) is 0 Å². The number of rotatable bonds is 9. The van der Waals surface area contributed by atoms with Crippen LogP contribution in [0.15, 0.2) is 12.3 Å². The summed E-state index contributed by atoms with van der Waals surface area (Å²) >= 11 is 0. The van der Waals surface area contributed by atoms with Gasteiger partial charge in [-0.15, -0.1) is 0 Å². The lowest BCUT2D eigenvalue weighted by Crippen LogP contribution is -2.14. The van der Waals surface area contributed by atoms with Gasteiger partial charge in [-0.25, -0.2) is 4.79 Å². The van der Waals surface area contributed by atoms with Crippen molar-refractivity contribution in [3.63, 3.8) is 0 Å². The highest BCUT2D eigenvalue weighted by Crippen LogP contribution is 2.15. The molecule has 0 fully saturated rings. The predicted molar refractivity (Wildman–Crippen MR) is 75.9 cm³/mol. The molecule has 20 heavy (non-hydrogen) atoms. The third-order valence-electron chi connectivity index (χ3n) is 3.15. The highest BCUT2D eigenvalue weighted by Gasteiger charge is 2.18. The average molecular weight is 281 g/mol. The summed E-state index contributed by atoms with van der Waals surface area (Å²) in [7, 11) is 0. The summed E-state index contributed by atoms with van der Waals surface area (Å²) in [6, 6.07) is 1.65. The van der Waals surface area contributed by atoms with Gasteiger partial charge in [-0.3, -0.25) is 4.79 Å². The standard InChI is InChI=1S/C15H23NO4/c1-3-5-6-7-9-16-10-8-12(15(19)20-4-2)13(16)11-14(17)18/h8,10H,3-7,9,11H2,1-2H3,(H,17,18). The SMILES string of the molecule is CCCCCCn1ccc(C(=O)OCC)c1CC(=O)O. The molecule has 0 aliphatic rings. The van der Waals surface area contributed by atoms with Crippen molar-refractivity contribution in [3.05, 3.63) is 23.5 Å². The minimum absolute atomic E-state index is 0.158. The zero-order chi connectivity index (χ0) is 15.0. The van der Waals surface area contributed by atoms with Crippen molar-refractivity contribution in [1.82, 2.24) is 4.57 Å². The smallest absolute Gasteiger partial charge is 0.339 e. The normalized spacial score (nSPS) is 10.5. The number of carboxylic acids is 1. The molecule has 0 aliphatic carbocycles. The average Bonchev–Trinajstić information content (AvgIpc) is 2.77. The summed E-state index contributed by atoms with van der Waals surface area (Å²) in [4.78, 5) is 22.8. The van der Waals surface area contributed by atoms with Crippen molar-refractivity contribution in [2.75, 3.05) is 6.61 Å². The number of unbranched alkanes of at least 4 members (excludes halogenated alkanes) is 3. The molecule has 1 aromatic rings. The van der Waals surface area contributed by atoms with Crippen molar-refractivity contribution in [1.29, 1.82) is 0 Å². The molecule has 0 aliphatic heterocycles. The molecule has 0 radical (unpaired) electrons. The van der Waals surface area contributed by atoms with Crippen LogP contribution in [0.1, 0.15) is 55.6 Å². The van der Waals surface area contributed by atoms with E-state index >= 15 is 0 Å². The number of hydrogen-bond donors (Lipinski definition) is 1. The van der Waals surface area contributed by atoms with E-state index in [2.05, 4.69) is 6.92 Å². The summed E-state index contributed by atoms with van der Waals surface area (Å²) in [5.41, 5.74) is 0.900. The van der Waals surface area contributed by atoms with Crippen LogP contribution in [0.25, 0.3) is 0 Å². The highest BCUT2D eigenvalue weighted by molar-refractivity contribution is 5.92. The Hall–Kier alpha value is -1.78. The largest absolute Gasteiger partial charge is 0.481 e. The highest BCUT2D eigenvalue weighted by atomic mass is 16.5. The van der Waals surface area contributed by atoms with E-state index in [4.69, 9.17) is 9.84 Å². The van der Waals surface area contributed by atoms with Crippen LogP contribution in [-0.2, 0) is 22.5 Å². The maximum atomic E-state index is 11.8. The number of ether oxygens (including phenoxy) is 1. The third kappa shape index (κ3) is 4.72. The fourth-order valence-corrected chi connectivity index (χ4v) is 2.16. The van der Waals surface area contributed by atoms with Gasteiger partial charge in [-0.2, -0.15) is 0 Å². The van der Waals surface area contributed by atoms with Gasteiger partial charge >= 0.3 is 11.9 Å². The molecule has 0 unspecified atom stereocenters. The zero-order valence-electron chi connectivity index (χ0n) is 12.2. The van der Waals surface area contributed by atoms with Gasteiger partial charge < -0.3 is 14.4 Å². The van der Waals surface area contributed by atoms with Gasteiger partial charge in [-0.05, 0) is 19.4 Å². The Morgan fingerprint density at radius 3 is 2.60 bits per heavy atom. The molecule has 0 spiro atoms. The molecule has 5 nitrogen and oxygen atoms in total. The number of aromatic nitrogens is 1. The lowest BCUT2D eigenvalue weighted by atomic mass is 10.1. The van der Waals surface area contributed by atoms with Crippen LogP contribution < -0.4 is 0 Å². The molecule has 0 bridgehead atoms. The van der Waals surface area contributed by atoms with Crippen LogP contribution in [-0.4, -0.2) is 28.2 Å². The molecular weight excluding hydrogens is 258 g/mol. The summed E-state index contributed by atoms with van der Waals surface area (Å²) in [6.45, 7) is 4.90. The maximum absolute atomic E-state index is 11.8. The summed E-state index contributed by atoms with van der Waals surface area (Å²) in [5, 5.41) is 8.99. The maximum Gasteiger partial charge on any atom is 0.339 e. The first kappa shape index (κ1) is 16.3. The number of aryl methyl sites for hydroxylation is 1. The molecule has 0 amide bonds. The van der Waals surface area contributed by atoms with Gasteiger partial charge in [0.2, 0.25) is 0 Å². The molecule has 1 rings (SSSR count). The first-order chi connectivity index (χ1) is 9.60. The second-order valence-electron chi connectivity index (χ2n) is 4.72. The van der Waals surface area contributed by atoms with E-state index < -0.39 is 11.9 Å². The van der Waals surface area contributed by atoms with E-state index in [-0.39, 0.29) is 13.0 Å². The second-order valence-corrected chi connectivity index (χ2v) is 4.72. The first-order valence-corrected chi connectivity index (χ1v) is 7.17. The quantitative estimate of drug-likeness (QED) is 0.558. The van der Waals surface area contributed by atoms with Crippen molar-refractivity contribution < 1.29 is 19.4 Å².